The van der Waals surface area contributed by atoms with Crippen molar-refractivity contribution in [2.75, 3.05) is 6.61 Å². The van der Waals surface area contributed by atoms with Gasteiger partial charge in [0.25, 0.3) is 0 Å². The standard InChI is InChI=1S/C15H19NO.5CO.Cr/c1-4-5-11-16-14(12-17-15(16,2)3)13-9-7-6-8-10-13;5*1-2;/h4,6-10,14H,1,5,12H2,2-3H3;;;;;;/t14-;;;;;;/m1....../s1. The quantitative estimate of drug-likeness (QED) is 0.423. The van der Waals surface area contributed by atoms with Crippen LogP contribution in [0.1, 0.15) is 31.9 Å². The molecule has 1 fully saturated rings. The van der Waals surface area contributed by atoms with Crippen LogP contribution in [-0.2, 0) is 43.8 Å². The van der Waals surface area contributed by atoms with Crippen LogP contribution >= 0.6 is 0 Å². The first kappa shape index (κ1) is 33.6. The topological polar surface area (TPSA) is 112 Å². The SMILES string of the molecule is C=CC[C](=[Cr])N1[C@@H](c2ccccc2)COC1(C)C.[C-]#[O+].[C-]#[O+].[C-]#[O+].[C-]#[O+].[C-]#[O+]. The summed E-state index contributed by atoms with van der Waals surface area (Å²) in [5.74, 6) is 0. The summed E-state index contributed by atoms with van der Waals surface area (Å²) in [7, 11) is 0. The molecule has 1 aromatic carbocycles. The first-order valence-electron chi connectivity index (χ1n) is 7.20. The molecule has 28 heavy (non-hydrogen) atoms. The maximum atomic E-state index is 7.50. The fourth-order valence-electron chi connectivity index (χ4n) is 2.42. The Kier molecular flexibility index (Phi) is 27.6. The molecule has 1 atom stereocenters. The first-order chi connectivity index (χ1) is 13.6. The van der Waals surface area contributed by atoms with Crippen LogP contribution in [0.2, 0.25) is 0 Å². The van der Waals surface area contributed by atoms with E-state index >= 15 is 0 Å². The summed E-state index contributed by atoms with van der Waals surface area (Å²) in [4.78, 5) is 2.32. The molecule has 0 amide bonds. The van der Waals surface area contributed by atoms with Crippen molar-refractivity contribution in [2.24, 2.45) is 0 Å². The summed E-state index contributed by atoms with van der Waals surface area (Å²) in [6, 6.07) is 10.8. The van der Waals surface area contributed by atoms with Crippen LogP contribution < -0.4 is 0 Å². The predicted molar refractivity (Wildman–Crippen MR) is 90.5 cm³/mol. The zero-order valence-corrected chi connectivity index (χ0v) is 16.7. The van der Waals surface area contributed by atoms with Crippen molar-refractivity contribution in [1.82, 2.24) is 4.90 Å². The van der Waals surface area contributed by atoms with Gasteiger partial charge < -0.3 is 0 Å². The Morgan fingerprint density at radius 1 is 1.07 bits per heavy atom. The van der Waals surface area contributed by atoms with Crippen LogP contribution in [0.5, 0.6) is 0 Å². The van der Waals surface area contributed by atoms with E-state index in [1.54, 1.807) is 0 Å². The Morgan fingerprint density at radius 3 is 1.89 bits per heavy atom. The van der Waals surface area contributed by atoms with Crippen LogP contribution in [0.3, 0.4) is 0 Å². The van der Waals surface area contributed by atoms with E-state index in [2.05, 4.69) is 98.7 Å². The molecule has 2 rings (SSSR count). The van der Waals surface area contributed by atoms with Crippen molar-refractivity contribution in [3.63, 3.8) is 0 Å². The molecule has 7 nitrogen and oxygen atoms in total. The molecule has 1 heterocycles. The fraction of sp³-hybridized carbons (Fsp3) is 0.300. The van der Waals surface area contributed by atoms with Gasteiger partial charge in [-0.3, -0.25) is 0 Å². The molecule has 1 aliphatic heterocycles. The van der Waals surface area contributed by atoms with Crippen molar-refractivity contribution in [3.8, 4) is 0 Å². The van der Waals surface area contributed by atoms with Crippen molar-refractivity contribution in [1.29, 1.82) is 0 Å². The van der Waals surface area contributed by atoms with Crippen LogP contribution in [0.4, 0.5) is 0 Å². The number of nitrogens with zero attached hydrogens (tertiary/aromatic N) is 1. The van der Waals surface area contributed by atoms with Crippen LogP contribution in [-0.4, -0.2) is 21.7 Å². The summed E-state index contributed by atoms with van der Waals surface area (Å²) < 4.78 is 44.6. The van der Waals surface area contributed by atoms with Gasteiger partial charge in [0.05, 0.1) is 0 Å². The van der Waals surface area contributed by atoms with Crippen LogP contribution in [0.15, 0.2) is 43.0 Å². The molecule has 1 aliphatic rings. The van der Waals surface area contributed by atoms with Gasteiger partial charge in [-0.25, -0.2) is 0 Å². The Hall–Kier alpha value is -2.02. The van der Waals surface area contributed by atoms with Gasteiger partial charge in [0.1, 0.15) is 0 Å². The zero-order chi connectivity index (χ0) is 23.2. The molecule has 1 saturated heterocycles. The van der Waals surface area contributed by atoms with Crippen molar-refractivity contribution >= 4 is 4.50 Å². The molecular formula is C20H19CrNO6. The summed E-state index contributed by atoms with van der Waals surface area (Å²) >= 11 is 3.17. The van der Waals surface area contributed by atoms with Gasteiger partial charge in [-0.2, -0.15) is 0 Å². The normalized spacial score (nSPS) is 15.1. The Morgan fingerprint density at radius 2 is 1.50 bits per heavy atom. The number of rotatable bonds is 4. The van der Waals surface area contributed by atoms with Crippen LogP contribution in [0.25, 0.3) is 0 Å². The fourth-order valence-corrected chi connectivity index (χ4v) is 3.14. The zero-order valence-electron chi connectivity index (χ0n) is 15.5. The van der Waals surface area contributed by atoms with E-state index in [1.807, 2.05) is 12.1 Å². The second kappa shape index (κ2) is 23.0. The van der Waals surface area contributed by atoms with Gasteiger partial charge in [-0.1, -0.05) is 0 Å². The second-order valence-electron chi connectivity index (χ2n) is 4.94. The molecule has 0 aliphatic carbocycles. The molecule has 0 unspecified atom stereocenters. The molecule has 0 spiro atoms. The monoisotopic (exact) mass is 421 g/mol. The predicted octanol–water partition coefficient (Wildman–Crippen LogP) is 2.86. The third-order valence-electron chi connectivity index (χ3n) is 3.26. The number of ether oxygens (including phenoxy) is 1. The summed E-state index contributed by atoms with van der Waals surface area (Å²) in [6.45, 7) is 31.2. The molecule has 146 valence electrons. The molecule has 0 saturated carbocycles. The number of hydrogen-bond acceptors (Lipinski definition) is 2. The molecule has 8 heteroatoms. The molecule has 0 bridgehead atoms. The number of benzene rings is 1. The molecule has 0 N–H and O–H groups in total. The average Bonchev–Trinajstić information content (AvgIpc) is 3.11. The van der Waals surface area contributed by atoms with Crippen LogP contribution in [0, 0.1) is 33.3 Å². The van der Waals surface area contributed by atoms with Gasteiger partial charge >= 0.3 is 174 Å². The molecule has 0 aromatic heterocycles. The summed E-state index contributed by atoms with van der Waals surface area (Å²) in [5.41, 5.74) is 1.02. The van der Waals surface area contributed by atoms with Crippen molar-refractivity contribution < 1.29 is 43.8 Å². The number of hydrogen-bond donors (Lipinski definition) is 0. The van der Waals surface area contributed by atoms with E-state index < -0.39 is 0 Å². The third kappa shape index (κ3) is 11.6. The van der Waals surface area contributed by atoms with Crippen molar-refractivity contribution in [3.05, 3.63) is 81.8 Å². The Balaban J connectivity index is -0.000000251. The molecular weight excluding hydrogens is 402 g/mol. The summed E-state index contributed by atoms with van der Waals surface area (Å²) in [6.07, 6.45) is 2.76. The molecule has 1 aromatic rings. The minimum absolute atomic E-state index is 0.274. The van der Waals surface area contributed by atoms with Crippen molar-refractivity contribution in [2.45, 2.75) is 32.0 Å². The van der Waals surface area contributed by atoms with E-state index in [9.17, 15) is 0 Å². The third-order valence-corrected chi connectivity index (χ3v) is 3.83. The van der Waals surface area contributed by atoms with E-state index in [0.29, 0.717) is 0 Å². The van der Waals surface area contributed by atoms with Gasteiger partial charge in [-0.15, -0.1) is 0 Å². The van der Waals surface area contributed by atoms with E-state index in [1.165, 1.54) is 10.1 Å². The first-order valence-corrected chi connectivity index (χ1v) is 7.84. The molecule has 0 radical (unpaired) electrons. The van der Waals surface area contributed by atoms with E-state index in [-0.39, 0.29) is 11.8 Å². The van der Waals surface area contributed by atoms with E-state index in [0.717, 1.165) is 13.0 Å². The maximum absolute atomic E-state index is 7.50. The van der Waals surface area contributed by atoms with Gasteiger partial charge in [0.15, 0.2) is 0 Å². The van der Waals surface area contributed by atoms with Gasteiger partial charge in [0.2, 0.25) is 0 Å². The Bertz CT molecular complexity index is 611. The average molecular weight is 421 g/mol. The second-order valence-corrected chi connectivity index (χ2v) is 5.68. The van der Waals surface area contributed by atoms with Gasteiger partial charge in [0, 0.05) is 0 Å². The Labute approximate surface area is 173 Å². The minimum atomic E-state index is -0.274. The van der Waals surface area contributed by atoms with E-state index in [4.69, 9.17) is 28.0 Å². The summed E-state index contributed by atoms with van der Waals surface area (Å²) in [5, 5.41) is 0. The van der Waals surface area contributed by atoms with Gasteiger partial charge in [-0.05, 0) is 0 Å².